The van der Waals surface area contributed by atoms with E-state index in [0.717, 1.165) is 10.4 Å². The summed E-state index contributed by atoms with van der Waals surface area (Å²) in [7, 11) is -3.75. The van der Waals surface area contributed by atoms with Crippen molar-refractivity contribution in [2.75, 3.05) is 13.1 Å². The highest BCUT2D eigenvalue weighted by Gasteiger charge is 2.24. The average Bonchev–Trinajstić information content (AvgIpc) is 2.28. The summed E-state index contributed by atoms with van der Waals surface area (Å²) < 4.78 is 38.7. The van der Waals surface area contributed by atoms with E-state index >= 15 is 0 Å². The minimum atomic E-state index is -3.75. The molecule has 0 aromatic heterocycles. The van der Waals surface area contributed by atoms with Gasteiger partial charge in [0.05, 0.1) is 16.4 Å². The maximum absolute atomic E-state index is 13.1. The molecular formula is C11H15FN2O2S2. The molecule has 0 fully saturated rings. The number of sulfonamides is 1. The summed E-state index contributed by atoms with van der Waals surface area (Å²) in [5.74, 6) is -0.595. The molecule has 18 heavy (non-hydrogen) atoms. The minimum absolute atomic E-state index is 0.0397. The summed E-state index contributed by atoms with van der Waals surface area (Å²) in [5.41, 5.74) is 5.38. The van der Waals surface area contributed by atoms with E-state index < -0.39 is 15.8 Å². The van der Waals surface area contributed by atoms with Crippen LogP contribution in [-0.4, -0.2) is 30.8 Å². The lowest BCUT2D eigenvalue weighted by Gasteiger charge is -2.20. The van der Waals surface area contributed by atoms with Gasteiger partial charge in [-0.2, -0.15) is 4.31 Å². The number of nitrogens with zero attached hydrogens (tertiary/aromatic N) is 1. The van der Waals surface area contributed by atoms with E-state index in [0.29, 0.717) is 6.42 Å². The van der Waals surface area contributed by atoms with E-state index in [4.69, 9.17) is 18.0 Å². The van der Waals surface area contributed by atoms with Crippen LogP contribution in [0.4, 0.5) is 4.39 Å². The van der Waals surface area contributed by atoms with Crippen LogP contribution in [0.2, 0.25) is 0 Å². The van der Waals surface area contributed by atoms with Crippen LogP contribution in [0.3, 0.4) is 0 Å². The zero-order valence-electron chi connectivity index (χ0n) is 9.97. The van der Waals surface area contributed by atoms with Gasteiger partial charge in [-0.25, -0.2) is 12.8 Å². The molecule has 0 spiro atoms. The van der Waals surface area contributed by atoms with Crippen molar-refractivity contribution in [2.45, 2.75) is 18.2 Å². The molecular weight excluding hydrogens is 275 g/mol. The number of halogens is 1. The molecule has 4 nitrogen and oxygen atoms in total. The van der Waals surface area contributed by atoms with Gasteiger partial charge in [0, 0.05) is 6.54 Å². The van der Waals surface area contributed by atoms with Crippen LogP contribution in [0.1, 0.15) is 13.3 Å². The van der Waals surface area contributed by atoms with Gasteiger partial charge >= 0.3 is 0 Å². The normalized spacial score (nSPS) is 11.7. The molecule has 100 valence electrons. The quantitative estimate of drug-likeness (QED) is 0.807. The Kier molecular flexibility index (Phi) is 5.18. The van der Waals surface area contributed by atoms with E-state index in [1.54, 1.807) is 0 Å². The molecule has 0 aliphatic rings. The van der Waals surface area contributed by atoms with E-state index in [2.05, 4.69) is 0 Å². The van der Waals surface area contributed by atoms with Gasteiger partial charge in [-0.15, -0.1) is 0 Å². The zero-order valence-corrected chi connectivity index (χ0v) is 11.6. The molecule has 0 saturated carbocycles. The summed E-state index contributed by atoms with van der Waals surface area (Å²) in [6.07, 6.45) is 0.622. The van der Waals surface area contributed by atoms with Gasteiger partial charge in [0.15, 0.2) is 0 Å². The monoisotopic (exact) mass is 290 g/mol. The molecule has 0 unspecified atom stereocenters. The van der Waals surface area contributed by atoms with E-state index in [1.807, 2.05) is 6.92 Å². The number of hydrogen-bond acceptors (Lipinski definition) is 3. The second kappa shape index (κ2) is 6.21. The highest BCUT2D eigenvalue weighted by atomic mass is 32.2. The zero-order chi connectivity index (χ0) is 13.8. The highest BCUT2D eigenvalue weighted by molar-refractivity contribution is 7.89. The lowest BCUT2D eigenvalue weighted by molar-refractivity contribution is 0.449. The molecule has 0 atom stereocenters. The first-order chi connectivity index (χ1) is 8.37. The number of benzene rings is 1. The van der Waals surface area contributed by atoms with Crippen molar-refractivity contribution in [3.8, 4) is 0 Å². The third-order valence-corrected chi connectivity index (χ3v) is 4.21. The van der Waals surface area contributed by atoms with E-state index in [9.17, 15) is 12.8 Å². The van der Waals surface area contributed by atoms with E-state index in [-0.39, 0.29) is 23.0 Å². The number of nitrogens with two attached hydrogens (primary N) is 1. The fourth-order valence-corrected chi connectivity index (χ4v) is 3.26. The molecule has 1 aromatic carbocycles. The third kappa shape index (κ3) is 3.72. The summed E-state index contributed by atoms with van der Waals surface area (Å²) in [6, 6.07) is 4.88. The number of thiocarbonyl (C=S) groups is 1. The number of rotatable bonds is 6. The molecule has 0 aliphatic carbocycles. The van der Waals surface area contributed by atoms with Crippen LogP contribution in [-0.2, 0) is 10.0 Å². The van der Waals surface area contributed by atoms with Crippen molar-refractivity contribution < 1.29 is 12.8 Å². The Morgan fingerprint density at radius 2 is 2.17 bits per heavy atom. The molecule has 1 aromatic rings. The van der Waals surface area contributed by atoms with Crippen molar-refractivity contribution in [1.29, 1.82) is 0 Å². The van der Waals surface area contributed by atoms with Crippen LogP contribution in [0.15, 0.2) is 29.2 Å². The Morgan fingerprint density at radius 1 is 1.50 bits per heavy atom. The van der Waals surface area contributed by atoms with Crippen molar-refractivity contribution in [1.82, 2.24) is 4.31 Å². The Morgan fingerprint density at radius 3 is 2.67 bits per heavy atom. The lowest BCUT2D eigenvalue weighted by atomic mass is 10.4. The first-order valence-corrected chi connectivity index (χ1v) is 7.26. The topological polar surface area (TPSA) is 63.4 Å². The van der Waals surface area contributed by atoms with Crippen LogP contribution in [0, 0.1) is 5.82 Å². The van der Waals surface area contributed by atoms with E-state index in [1.165, 1.54) is 18.2 Å². The van der Waals surface area contributed by atoms with Gasteiger partial charge < -0.3 is 5.73 Å². The SMILES string of the molecule is CCCN(CC(N)=S)S(=O)(=O)c1cccc(F)c1. The Bertz CT molecular complexity index is 532. The lowest BCUT2D eigenvalue weighted by Crippen LogP contribution is -2.38. The molecule has 0 amide bonds. The standard InChI is InChI=1S/C11H15FN2O2S2/c1-2-6-14(8-11(13)17)18(15,16)10-5-3-4-9(12)7-10/h3-5,7H,2,6,8H2,1H3,(H2,13,17). The summed E-state index contributed by atoms with van der Waals surface area (Å²) >= 11 is 4.73. The second-order valence-corrected chi connectivity index (χ2v) is 6.22. The van der Waals surface area contributed by atoms with Crippen LogP contribution in [0.5, 0.6) is 0 Å². The Labute approximate surface area is 112 Å². The average molecular weight is 290 g/mol. The van der Waals surface area contributed by atoms with Crippen molar-refractivity contribution in [3.63, 3.8) is 0 Å². The van der Waals surface area contributed by atoms with Crippen molar-refractivity contribution >= 4 is 27.2 Å². The van der Waals surface area contributed by atoms with Gasteiger partial charge in [0.25, 0.3) is 0 Å². The maximum Gasteiger partial charge on any atom is 0.243 e. The predicted octanol–water partition coefficient (Wildman–Crippen LogP) is 1.51. The summed E-state index contributed by atoms with van der Waals surface area (Å²) in [5, 5.41) is 0. The minimum Gasteiger partial charge on any atom is -0.392 e. The number of hydrogen-bond donors (Lipinski definition) is 1. The highest BCUT2D eigenvalue weighted by Crippen LogP contribution is 2.16. The molecule has 0 bridgehead atoms. The Balaban J connectivity index is 3.12. The predicted molar refractivity (Wildman–Crippen MR) is 72.2 cm³/mol. The first-order valence-electron chi connectivity index (χ1n) is 5.42. The largest absolute Gasteiger partial charge is 0.392 e. The molecule has 2 N–H and O–H groups in total. The van der Waals surface area contributed by atoms with Gasteiger partial charge in [-0.05, 0) is 24.6 Å². The summed E-state index contributed by atoms with van der Waals surface area (Å²) in [4.78, 5) is -0.00405. The fourth-order valence-electron chi connectivity index (χ4n) is 1.48. The summed E-state index contributed by atoms with van der Waals surface area (Å²) in [6.45, 7) is 2.09. The van der Waals surface area contributed by atoms with Gasteiger partial charge in [-0.1, -0.05) is 25.2 Å². The van der Waals surface area contributed by atoms with Crippen LogP contribution >= 0.6 is 12.2 Å². The molecule has 0 radical (unpaired) electrons. The fraction of sp³-hybridized carbons (Fsp3) is 0.364. The van der Waals surface area contributed by atoms with Crippen molar-refractivity contribution in [2.24, 2.45) is 5.73 Å². The molecule has 0 saturated heterocycles. The smallest absolute Gasteiger partial charge is 0.243 e. The van der Waals surface area contributed by atoms with Crippen LogP contribution in [0.25, 0.3) is 0 Å². The first kappa shape index (κ1) is 15.0. The van der Waals surface area contributed by atoms with Gasteiger partial charge in [0.1, 0.15) is 5.82 Å². The molecule has 1 rings (SSSR count). The van der Waals surface area contributed by atoms with Gasteiger partial charge in [0.2, 0.25) is 10.0 Å². The van der Waals surface area contributed by atoms with Crippen LogP contribution < -0.4 is 5.73 Å². The Hall–Kier alpha value is -1.05. The maximum atomic E-state index is 13.1. The van der Waals surface area contributed by atoms with Crippen molar-refractivity contribution in [3.05, 3.63) is 30.1 Å². The molecule has 0 heterocycles. The van der Waals surface area contributed by atoms with Gasteiger partial charge in [-0.3, -0.25) is 0 Å². The third-order valence-electron chi connectivity index (χ3n) is 2.24. The second-order valence-electron chi connectivity index (χ2n) is 3.76. The molecule has 0 aliphatic heterocycles. The molecule has 7 heteroatoms.